The molecule has 2 aromatic rings. The van der Waals surface area contributed by atoms with Gasteiger partial charge in [-0.1, -0.05) is 6.92 Å². The highest BCUT2D eigenvalue weighted by Crippen LogP contribution is 2.26. The molecule has 0 aliphatic heterocycles. The number of nitrogens with one attached hydrogen (secondary N) is 1. The Morgan fingerprint density at radius 2 is 2.15 bits per heavy atom. The van der Waals surface area contributed by atoms with Crippen molar-refractivity contribution in [1.82, 2.24) is 4.98 Å². The molecular weight excluding hydrogens is 323 g/mol. The Bertz CT molecular complexity index is 578. The van der Waals surface area contributed by atoms with Crippen LogP contribution < -0.4 is 10.1 Å². The maximum absolute atomic E-state index is 13.0. The van der Waals surface area contributed by atoms with Gasteiger partial charge in [0.25, 0.3) is 0 Å². The van der Waals surface area contributed by atoms with E-state index < -0.39 is 0 Å². The van der Waals surface area contributed by atoms with E-state index in [4.69, 9.17) is 4.74 Å². The van der Waals surface area contributed by atoms with Crippen LogP contribution in [0.1, 0.15) is 19.0 Å². The molecule has 0 amide bonds. The van der Waals surface area contributed by atoms with E-state index in [9.17, 15) is 4.39 Å². The van der Waals surface area contributed by atoms with E-state index in [1.165, 1.54) is 12.1 Å². The lowest BCUT2D eigenvalue weighted by Crippen LogP contribution is -2.03. The highest BCUT2D eigenvalue weighted by molar-refractivity contribution is 9.10. The van der Waals surface area contributed by atoms with Gasteiger partial charge >= 0.3 is 0 Å². The molecule has 1 aromatic carbocycles. The van der Waals surface area contributed by atoms with Crippen molar-refractivity contribution in [3.8, 4) is 5.75 Å². The van der Waals surface area contributed by atoms with Crippen LogP contribution in [0.3, 0.4) is 0 Å². The molecule has 3 nitrogen and oxygen atoms in total. The predicted molar refractivity (Wildman–Crippen MR) is 81.4 cm³/mol. The largest absolute Gasteiger partial charge is 0.486 e. The van der Waals surface area contributed by atoms with Crippen molar-refractivity contribution in [2.45, 2.75) is 20.0 Å². The Kier molecular flexibility index (Phi) is 5.35. The van der Waals surface area contributed by atoms with Crippen molar-refractivity contribution in [2.24, 2.45) is 0 Å². The molecule has 0 radical (unpaired) electrons. The van der Waals surface area contributed by atoms with Gasteiger partial charge in [0, 0.05) is 18.4 Å². The second kappa shape index (κ2) is 7.24. The van der Waals surface area contributed by atoms with Crippen molar-refractivity contribution in [2.75, 3.05) is 11.9 Å². The standard InChI is InChI=1S/C15H16BrFN2O/c1-2-6-18-12-5-7-19-13(9-12)10-20-15-4-3-11(17)8-14(15)16/h3-5,7-9H,2,6,10H2,1H3,(H,18,19). The zero-order valence-corrected chi connectivity index (χ0v) is 12.8. The van der Waals surface area contributed by atoms with Gasteiger partial charge in [-0.2, -0.15) is 0 Å². The van der Waals surface area contributed by atoms with E-state index in [0.717, 1.165) is 24.3 Å². The highest BCUT2D eigenvalue weighted by atomic mass is 79.9. The van der Waals surface area contributed by atoms with Crippen molar-refractivity contribution in [3.05, 3.63) is 52.5 Å². The fourth-order valence-electron chi connectivity index (χ4n) is 1.68. The fourth-order valence-corrected chi connectivity index (χ4v) is 2.15. The van der Waals surface area contributed by atoms with Crippen LogP contribution in [-0.2, 0) is 6.61 Å². The molecular formula is C15H16BrFN2O. The van der Waals surface area contributed by atoms with E-state index in [1.54, 1.807) is 12.3 Å². The summed E-state index contributed by atoms with van der Waals surface area (Å²) < 4.78 is 19.2. The predicted octanol–water partition coefficient (Wildman–Crippen LogP) is 4.38. The number of ether oxygens (including phenoxy) is 1. The molecule has 0 fully saturated rings. The summed E-state index contributed by atoms with van der Waals surface area (Å²) in [5.41, 5.74) is 1.85. The van der Waals surface area contributed by atoms with Crippen LogP contribution >= 0.6 is 15.9 Å². The van der Waals surface area contributed by atoms with E-state index in [1.807, 2.05) is 12.1 Å². The maximum Gasteiger partial charge on any atom is 0.134 e. The quantitative estimate of drug-likeness (QED) is 0.848. The Morgan fingerprint density at radius 3 is 2.90 bits per heavy atom. The van der Waals surface area contributed by atoms with Crippen molar-refractivity contribution in [3.63, 3.8) is 0 Å². The topological polar surface area (TPSA) is 34.2 Å². The van der Waals surface area contributed by atoms with Crippen LogP contribution in [-0.4, -0.2) is 11.5 Å². The number of pyridine rings is 1. The zero-order valence-electron chi connectivity index (χ0n) is 11.2. The van der Waals surface area contributed by atoms with Gasteiger partial charge in [-0.3, -0.25) is 4.98 Å². The third kappa shape index (κ3) is 4.20. The minimum atomic E-state index is -0.298. The van der Waals surface area contributed by atoms with Crippen LogP contribution in [0, 0.1) is 5.82 Å². The monoisotopic (exact) mass is 338 g/mol. The molecule has 2 rings (SSSR count). The minimum Gasteiger partial charge on any atom is -0.486 e. The molecule has 0 unspecified atom stereocenters. The molecule has 0 bridgehead atoms. The summed E-state index contributed by atoms with van der Waals surface area (Å²) in [7, 11) is 0. The van der Waals surface area contributed by atoms with Crippen LogP contribution in [0.4, 0.5) is 10.1 Å². The summed E-state index contributed by atoms with van der Waals surface area (Å²) in [5.74, 6) is 0.299. The molecule has 0 saturated carbocycles. The number of nitrogens with zero attached hydrogens (tertiary/aromatic N) is 1. The van der Waals surface area contributed by atoms with Crippen molar-refractivity contribution < 1.29 is 9.13 Å². The summed E-state index contributed by atoms with van der Waals surface area (Å²) in [6.07, 6.45) is 2.81. The Balaban J connectivity index is 1.99. The first kappa shape index (κ1) is 14.8. The average molecular weight is 339 g/mol. The lowest BCUT2D eigenvalue weighted by molar-refractivity contribution is 0.299. The Hall–Kier alpha value is -1.62. The molecule has 1 N–H and O–H groups in total. The molecule has 0 aliphatic rings. The smallest absolute Gasteiger partial charge is 0.134 e. The normalized spacial score (nSPS) is 10.3. The maximum atomic E-state index is 13.0. The number of anilines is 1. The van der Waals surface area contributed by atoms with Gasteiger partial charge in [0.05, 0.1) is 10.2 Å². The van der Waals surface area contributed by atoms with E-state index in [-0.39, 0.29) is 5.82 Å². The van der Waals surface area contributed by atoms with Crippen LogP contribution in [0.5, 0.6) is 5.75 Å². The first-order chi connectivity index (χ1) is 9.69. The zero-order chi connectivity index (χ0) is 14.4. The first-order valence-electron chi connectivity index (χ1n) is 6.45. The molecule has 0 saturated heterocycles. The molecule has 106 valence electrons. The summed E-state index contributed by atoms with van der Waals surface area (Å²) in [4.78, 5) is 4.26. The van der Waals surface area contributed by atoms with Crippen molar-refractivity contribution in [1.29, 1.82) is 0 Å². The van der Waals surface area contributed by atoms with Gasteiger partial charge in [0.2, 0.25) is 0 Å². The summed E-state index contributed by atoms with van der Waals surface area (Å²) in [6.45, 7) is 3.38. The van der Waals surface area contributed by atoms with Gasteiger partial charge in [-0.25, -0.2) is 4.39 Å². The van der Waals surface area contributed by atoms with E-state index in [0.29, 0.717) is 16.8 Å². The summed E-state index contributed by atoms with van der Waals surface area (Å²) in [6, 6.07) is 8.22. The fraction of sp³-hybridized carbons (Fsp3) is 0.267. The number of halogens is 2. The van der Waals surface area contributed by atoms with E-state index in [2.05, 4.69) is 33.2 Å². The summed E-state index contributed by atoms with van der Waals surface area (Å²) in [5, 5.41) is 3.30. The molecule has 5 heteroatoms. The number of aromatic nitrogens is 1. The SMILES string of the molecule is CCCNc1ccnc(COc2ccc(F)cc2Br)c1. The molecule has 0 aliphatic carbocycles. The summed E-state index contributed by atoms with van der Waals surface area (Å²) >= 11 is 3.27. The van der Waals surface area contributed by atoms with Gasteiger partial charge in [-0.05, 0) is 52.7 Å². The average Bonchev–Trinajstić information content (AvgIpc) is 2.45. The number of hydrogen-bond donors (Lipinski definition) is 1. The van der Waals surface area contributed by atoms with Gasteiger partial charge in [0.1, 0.15) is 18.2 Å². The van der Waals surface area contributed by atoms with E-state index >= 15 is 0 Å². The third-order valence-corrected chi connectivity index (χ3v) is 3.28. The van der Waals surface area contributed by atoms with Crippen LogP contribution in [0.25, 0.3) is 0 Å². The van der Waals surface area contributed by atoms with Gasteiger partial charge < -0.3 is 10.1 Å². The number of hydrogen-bond acceptors (Lipinski definition) is 3. The van der Waals surface area contributed by atoms with Gasteiger partial charge in [-0.15, -0.1) is 0 Å². The lowest BCUT2D eigenvalue weighted by Gasteiger charge is -2.09. The number of rotatable bonds is 6. The number of benzene rings is 1. The Morgan fingerprint density at radius 1 is 1.30 bits per heavy atom. The Labute approximate surface area is 126 Å². The van der Waals surface area contributed by atoms with Crippen molar-refractivity contribution >= 4 is 21.6 Å². The van der Waals surface area contributed by atoms with Crippen LogP contribution in [0.2, 0.25) is 0 Å². The molecule has 1 aromatic heterocycles. The highest BCUT2D eigenvalue weighted by Gasteiger charge is 2.04. The molecule has 0 atom stereocenters. The second-order valence-corrected chi connectivity index (χ2v) is 5.18. The molecule has 1 heterocycles. The van der Waals surface area contributed by atoms with Gasteiger partial charge in [0.15, 0.2) is 0 Å². The lowest BCUT2D eigenvalue weighted by atomic mass is 10.3. The first-order valence-corrected chi connectivity index (χ1v) is 7.25. The third-order valence-electron chi connectivity index (χ3n) is 2.67. The minimum absolute atomic E-state index is 0.298. The second-order valence-electron chi connectivity index (χ2n) is 4.33. The molecule has 0 spiro atoms. The molecule has 20 heavy (non-hydrogen) atoms. The van der Waals surface area contributed by atoms with Crippen LogP contribution in [0.15, 0.2) is 41.0 Å².